The van der Waals surface area contributed by atoms with E-state index in [1.165, 1.54) is 24.8 Å². The maximum absolute atomic E-state index is 5.57. The molecule has 0 bridgehead atoms. The van der Waals surface area contributed by atoms with E-state index in [9.17, 15) is 0 Å². The molecule has 1 fully saturated rings. The average molecular weight is 269 g/mol. The van der Waals surface area contributed by atoms with E-state index in [1.807, 2.05) is 0 Å². The normalized spacial score (nSPS) is 17.7. The van der Waals surface area contributed by atoms with Crippen LogP contribution in [0.2, 0.25) is 0 Å². The summed E-state index contributed by atoms with van der Waals surface area (Å²) in [5.41, 5.74) is 4.27. The Morgan fingerprint density at radius 3 is 2.87 bits per heavy atom. The molecule has 0 radical (unpaired) electrons. The second-order valence-electron chi connectivity index (χ2n) is 4.38. The Balaban J connectivity index is 1.92. The van der Waals surface area contributed by atoms with Crippen molar-refractivity contribution in [1.82, 2.24) is 5.43 Å². The summed E-state index contributed by atoms with van der Waals surface area (Å²) < 4.78 is 1.14. The lowest BCUT2D eigenvalue weighted by atomic mass is 10.0. The van der Waals surface area contributed by atoms with E-state index in [4.69, 9.17) is 5.84 Å². The van der Waals surface area contributed by atoms with E-state index in [2.05, 4.69) is 45.6 Å². The van der Waals surface area contributed by atoms with Gasteiger partial charge in [0.2, 0.25) is 0 Å². The fourth-order valence-corrected chi connectivity index (χ4v) is 2.36. The van der Waals surface area contributed by atoms with Gasteiger partial charge in [-0.3, -0.25) is 11.3 Å². The molecule has 15 heavy (non-hydrogen) atoms. The first-order valence-electron chi connectivity index (χ1n) is 5.48. The molecule has 82 valence electrons. The summed E-state index contributed by atoms with van der Waals surface area (Å²) in [7, 11) is 0. The fourth-order valence-electron chi connectivity index (χ4n) is 1.91. The molecule has 0 spiro atoms. The number of rotatable bonds is 5. The highest BCUT2D eigenvalue weighted by molar-refractivity contribution is 9.10. The van der Waals surface area contributed by atoms with Crippen LogP contribution < -0.4 is 11.3 Å². The Morgan fingerprint density at radius 1 is 1.47 bits per heavy atom. The quantitative estimate of drug-likeness (QED) is 0.637. The van der Waals surface area contributed by atoms with Gasteiger partial charge in [0, 0.05) is 10.5 Å². The first-order valence-corrected chi connectivity index (χ1v) is 6.28. The molecular formula is C12H17BrN2. The molecule has 1 aromatic carbocycles. The summed E-state index contributed by atoms with van der Waals surface area (Å²) in [5, 5.41) is 0. The van der Waals surface area contributed by atoms with Crippen molar-refractivity contribution in [2.24, 2.45) is 11.8 Å². The molecule has 0 saturated heterocycles. The van der Waals surface area contributed by atoms with Crippen LogP contribution in [0.5, 0.6) is 0 Å². The summed E-state index contributed by atoms with van der Waals surface area (Å²) in [6, 6.07) is 8.87. The standard InChI is InChI=1S/C12H17BrN2/c13-11-3-1-2-10(6-11)8-12(15-14)7-9-4-5-9/h1-3,6,9,12,15H,4-5,7-8,14H2. The molecular weight excluding hydrogens is 252 g/mol. The predicted octanol–water partition coefficient (Wildman–Crippen LogP) is 2.62. The number of nitrogens with one attached hydrogen (secondary N) is 1. The minimum atomic E-state index is 0.423. The van der Waals surface area contributed by atoms with Gasteiger partial charge < -0.3 is 0 Å². The van der Waals surface area contributed by atoms with Gasteiger partial charge in [-0.15, -0.1) is 0 Å². The molecule has 0 heterocycles. The molecule has 0 amide bonds. The van der Waals surface area contributed by atoms with Crippen LogP contribution in [0, 0.1) is 5.92 Å². The third-order valence-electron chi connectivity index (χ3n) is 2.92. The van der Waals surface area contributed by atoms with Crippen LogP contribution in [-0.2, 0) is 6.42 Å². The van der Waals surface area contributed by atoms with Crippen molar-refractivity contribution in [1.29, 1.82) is 0 Å². The van der Waals surface area contributed by atoms with Crippen LogP contribution >= 0.6 is 15.9 Å². The average Bonchev–Trinajstić information content (AvgIpc) is 3.01. The van der Waals surface area contributed by atoms with Crippen molar-refractivity contribution in [3.05, 3.63) is 34.3 Å². The molecule has 1 aliphatic rings. The first-order chi connectivity index (χ1) is 7.28. The largest absolute Gasteiger partial charge is 0.271 e. The molecule has 2 rings (SSSR count). The summed E-state index contributed by atoms with van der Waals surface area (Å²) in [6.07, 6.45) is 5.00. The Bertz CT molecular complexity index is 323. The highest BCUT2D eigenvalue weighted by Gasteiger charge is 2.24. The number of hydrogen-bond donors (Lipinski definition) is 2. The fraction of sp³-hybridized carbons (Fsp3) is 0.500. The van der Waals surface area contributed by atoms with Gasteiger partial charge in [-0.2, -0.15) is 0 Å². The Morgan fingerprint density at radius 2 is 2.27 bits per heavy atom. The number of hydrazine groups is 1. The van der Waals surface area contributed by atoms with Gasteiger partial charge in [-0.25, -0.2) is 0 Å². The zero-order valence-electron chi connectivity index (χ0n) is 8.75. The minimum Gasteiger partial charge on any atom is -0.271 e. The van der Waals surface area contributed by atoms with Crippen LogP contribution in [0.1, 0.15) is 24.8 Å². The summed E-state index contributed by atoms with van der Waals surface area (Å²) in [5.74, 6) is 6.49. The second kappa shape index (κ2) is 5.10. The molecule has 2 nitrogen and oxygen atoms in total. The van der Waals surface area contributed by atoms with E-state index >= 15 is 0 Å². The summed E-state index contributed by atoms with van der Waals surface area (Å²) in [6.45, 7) is 0. The van der Waals surface area contributed by atoms with Crippen LogP contribution in [0.15, 0.2) is 28.7 Å². The van der Waals surface area contributed by atoms with Crippen molar-refractivity contribution >= 4 is 15.9 Å². The highest BCUT2D eigenvalue weighted by atomic mass is 79.9. The van der Waals surface area contributed by atoms with Gasteiger partial charge in [0.25, 0.3) is 0 Å². The molecule has 3 heteroatoms. The van der Waals surface area contributed by atoms with Crippen LogP contribution in [0.3, 0.4) is 0 Å². The summed E-state index contributed by atoms with van der Waals surface area (Å²) >= 11 is 3.49. The highest BCUT2D eigenvalue weighted by Crippen LogP contribution is 2.34. The maximum atomic E-state index is 5.57. The van der Waals surface area contributed by atoms with E-state index in [-0.39, 0.29) is 0 Å². The van der Waals surface area contributed by atoms with Gasteiger partial charge in [0.15, 0.2) is 0 Å². The van der Waals surface area contributed by atoms with E-state index in [0.717, 1.165) is 16.8 Å². The van der Waals surface area contributed by atoms with E-state index in [0.29, 0.717) is 6.04 Å². The molecule has 1 unspecified atom stereocenters. The number of hydrogen-bond acceptors (Lipinski definition) is 2. The Hall–Kier alpha value is -0.380. The third kappa shape index (κ3) is 3.59. The van der Waals surface area contributed by atoms with Gasteiger partial charge in [0.05, 0.1) is 0 Å². The molecule has 1 saturated carbocycles. The lowest BCUT2D eigenvalue weighted by Crippen LogP contribution is -2.37. The van der Waals surface area contributed by atoms with Crippen molar-refractivity contribution in [3.8, 4) is 0 Å². The third-order valence-corrected chi connectivity index (χ3v) is 3.41. The summed E-state index contributed by atoms with van der Waals surface area (Å²) in [4.78, 5) is 0. The van der Waals surface area contributed by atoms with Crippen LogP contribution in [-0.4, -0.2) is 6.04 Å². The zero-order chi connectivity index (χ0) is 10.7. The van der Waals surface area contributed by atoms with Crippen LogP contribution in [0.25, 0.3) is 0 Å². The molecule has 1 aliphatic carbocycles. The lowest BCUT2D eigenvalue weighted by Gasteiger charge is -2.15. The minimum absolute atomic E-state index is 0.423. The van der Waals surface area contributed by atoms with Crippen LogP contribution in [0.4, 0.5) is 0 Å². The Kier molecular flexibility index (Phi) is 3.78. The molecule has 3 N–H and O–H groups in total. The zero-order valence-corrected chi connectivity index (χ0v) is 10.3. The van der Waals surface area contributed by atoms with Crippen molar-refractivity contribution < 1.29 is 0 Å². The molecule has 1 atom stereocenters. The predicted molar refractivity (Wildman–Crippen MR) is 66.3 cm³/mol. The molecule has 0 aliphatic heterocycles. The SMILES string of the molecule is NNC(Cc1cccc(Br)c1)CC1CC1. The monoisotopic (exact) mass is 268 g/mol. The van der Waals surface area contributed by atoms with Crippen molar-refractivity contribution in [2.45, 2.75) is 31.7 Å². The Labute approximate surface area is 99.3 Å². The smallest absolute Gasteiger partial charge is 0.0253 e. The van der Waals surface area contributed by atoms with Gasteiger partial charge in [0.1, 0.15) is 0 Å². The van der Waals surface area contributed by atoms with E-state index in [1.54, 1.807) is 0 Å². The number of halogens is 1. The molecule has 0 aromatic heterocycles. The number of nitrogens with two attached hydrogens (primary N) is 1. The van der Waals surface area contributed by atoms with Crippen molar-refractivity contribution in [3.63, 3.8) is 0 Å². The second-order valence-corrected chi connectivity index (χ2v) is 5.29. The van der Waals surface area contributed by atoms with E-state index < -0.39 is 0 Å². The topological polar surface area (TPSA) is 38.0 Å². The van der Waals surface area contributed by atoms with Gasteiger partial charge in [-0.1, -0.05) is 40.9 Å². The van der Waals surface area contributed by atoms with Gasteiger partial charge >= 0.3 is 0 Å². The molecule has 1 aromatic rings. The van der Waals surface area contributed by atoms with Gasteiger partial charge in [-0.05, 0) is 36.5 Å². The maximum Gasteiger partial charge on any atom is 0.0253 e. The first kappa shape index (κ1) is 11.1. The van der Waals surface area contributed by atoms with Crippen molar-refractivity contribution in [2.75, 3.05) is 0 Å². The number of benzene rings is 1. The lowest BCUT2D eigenvalue weighted by molar-refractivity contribution is 0.466.